The molecule has 2 atom stereocenters. The van der Waals surface area contributed by atoms with E-state index in [0.717, 1.165) is 12.5 Å². The molecule has 0 saturated carbocycles. The molecule has 0 unspecified atom stereocenters. The first-order valence-electron chi connectivity index (χ1n) is 4.92. The van der Waals surface area contributed by atoms with Crippen molar-refractivity contribution < 1.29 is 4.74 Å². The minimum absolute atomic E-state index is 0.125. The van der Waals surface area contributed by atoms with Gasteiger partial charge in [0.25, 0.3) is 0 Å². The Balaban J connectivity index is 2.24. The van der Waals surface area contributed by atoms with E-state index in [1.165, 1.54) is 12.8 Å². The zero-order valence-electron chi connectivity index (χ0n) is 8.26. The summed E-state index contributed by atoms with van der Waals surface area (Å²) in [4.78, 5) is 0. The maximum Gasteiger partial charge on any atom is 0.0661 e. The number of ether oxygens (including phenoxy) is 1. The standard InChI is InChI=1S/C11H18O/c1-8-5-4-6-10-9(8)7-12-11(10,2)3/h5,9-10H,4,6-7H2,1-3H3/t9-,10-/m0/s1. The van der Waals surface area contributed by atoms with Crippen molar-refractivity contribution in [1.82, 2.24) is 0 Å². The van der Waals surface area contributed by atoms with E-state index in [0.29, 0.717) is 5.92 Å². The highest BCUT2D eigenvalue weighted by Crippen LogP contribution is 2.44. The molecule has 1 aliphatic heterocycles. The maximum absolute atomic E-state index is 5.82. The largest absolute Gasteiger partial charge is 0.375 e. The Hall–Kier alpha value is -0.300. The van der Waals surface area contributed by atoms with E-state index in [1.807, 2.05) is 0 Å². The van der Waals surface area contributed by atoms with Crippen LogP contribution in [-0.4, -0.2) is 12.2 Å². The lowest BCUT2D eigenvalue weighted by Crippen LogP contribution is -2.31. The predicted octanol–water partition coefficient (Wildman–Crippen LogP) is 2.77. The number of fused-ring (bicyclic) bond motifs is 1. The third kappa shape index (κ3) is 1.11. The molecule has 1 aliphatic carbocycles. The molecule has 0 N–H and O–H groups in total. The summed E-state index contributed by atoms with van der Waals surface area (Å²) < 4.78 is 5.82. The maximum atomic E-state index is 5.82. The molecule has 12 heavy (non-hydrogen) atoms. The Morgan fingerprint density at radius 1 is 1.50 bits per heavy atom. The molecule has 1 heteroatoms. The fraction of sp³-hybridized carbons (Fsp3) is 0.818. The lowest BCUT2D eigenvalue weighted by atomic mass is 9.74. The smallest absolute Gasteiger partial charge is 0.0661 e. The van der Waals surface area contributed by atoms with Gasteiger partial charge in [0.2, 0.25) is 0 Å². The molecule has 68 valence electrons. The van der Waals surface area contributed by atoms with Gasteiger partial charge in [0.1, 0.15) is 0 Å². The first-order valence-corrected chi connectivity index (χ1v) is 4.92. The molecular weight excluding hydrogens is 148 g/mol. The molecule has 2 aliphatic rings. The minimum atomic E-state index is 0.125. The van der Waals surface area contributed by atoms with Gasteiger partial charge in [0.15, 0.2) is 0 Å². The van der Waals surface area contributed by atoms with Gasteiger partial charge in [-0.25, -0.2) is 0 Å². The van der Waals surface area contributed by atoms with Crippen LogP contribution in [0.25, 0.3) is 0 Å². The molecule has 0 bridgehead atoms. The van der Waals surface area contributed by atoms with Crippen LogP contribution in [0.5, 0.6) is 0 Å². The number of hydrogen-bond donors (Lipinski definition) is 0. The van der Waals surface area contributed by atoms with Gasteiger partial charge in [0, 0.05) is 5.92 Å². The van der Waals surface area contributed by atoms with Gasteiger partial charge in [-0.15, -0.1) is 0 Å². The molecule has 1 heterocycles. The third-order valence-electron chi connectivity index (χ3n) is 3.54. The summed E-state index contributed by atoms with van der Waals surface area (Å²) in [7, 11) is 0. The molecule has 0 radical (unpaired) electrons. The zero-order chi connectivity index (χ0) is 8.77. The minimum Gasteiger partial charge on any atom is -0.375 e. The van der Waals surface area contributed by atoms with Gasteiger partial charge in [-0.3, -0.25) is 0 Å². The predicted molar refractivity (Wildman–Crippen MR) is 50.0 cm³/mol. The molecule has 1 fully saturated rings. The summed E-state index contributed by atoms with van der Waals surface area (Å²) in [6, 6.07) is 0. The second-order valence-electron chi connectivity index (χ2n) is 4.65. The van der Waals surface area contributed by atoms with Crippen molar-refractivity contribution >= 4 is 0 Å². The molecule has 1 saturated heterocycles. The first-order chi connectivity index (χ1) is 5.61. The van der Waals surface area contributed by atoms with Gasteiger partial charge >= 0.3 is 0 Å². The summed E-state index contributed by atoms with van der Waals surface area (Å²) in [6.45, 7) is 7.66. The molecule has 0 aromatic heterocycles. The van der Waals surface area contributed by atoms with E-state index in [2.05, 4.69) is 26.8 Å². The SMILES string of the molecule is CC1=CCC[C@H]2[C@H]1COC2(C)C. The van der Waals surface area contributed by atoms with Gasteiger partial charge in [0.05, 0.1) is 12.2 Å². The highest BCUT2D eigenvalue weighted by atomic mass is 16.5. The van der Waals surface area contributed by atoms with Crippen LogP contribution in [0.4, 0.5) is 0 Å². The number of hydrogen-bond acceptors (Lipinski definition) is 1. The molecule has 0 amide bonds. The topological polar surface area (TPSA) is 9.23 Å². The summed E-state index contributed by atoms with van der Waals surface area (Å²) >= 11 is 0. The van der Waals surface area contributed by atoms with Gasteiger partial charge in [-0.2, -0.15) is 0 Å². The Morgan fingerprint density at radius 2 is 2.25 bits per heavy atom. The second kappa shape index (κ2) is 2.59. The quantitative estimate of drug-likeness (QED) is 0.503. The van der Waals surface area contributed by atoms with Crippen LogP contribution in [0.15, 0.2) is 11.6 Å². The van der Waals surface area contributed by atoms with E-state index in [9.17, 15) is 0 Å². The van der Waals surface area contributed by atoms with Crippen molar-refractivity contribution in [3.63, 3.8) is 0 Å². The fourth-order valence-corrected chi connectivity index (χ4v) is 2.65. The van der Waals surface area contributed by atoms with Crippen molar-refractivity contribution in [3.8, 4) is 0 Å². The molecule has 2 rings (SSSR count). The van der Waals surface area contributed by atoms with Gasteiger partial charge < -0.3 is 4.74 Å². The molecule has 0 aromatic rings. The van der Waals surface area contributed by atoms with Crippen molar-refractivity contribution in [1.29, 1.82) is 0 Å². The lowest BCUT2D eigenvalue weighted by molar-refractivity contribution is 0.00944. The van der Waals surface area contributed by atoms with Crippen LogP contribution in [0.3, 0.4) is 0 Å². The van der Waals surface area contributed by atoms with Crippen LogP contribution in [0.1, 0.15) is 33.6 Å². The Bertz CT molecular complexity index is 215. The average molecular weight is 166 g/mol. The molecule has 1 nitrogen and oxygen atoms in total. The summed E-state index contributed by atoms with van der Waals surface area (Å²) in [5.74, 6) is 1.48. The van der Waals surface area contributed by atoms with E-state index in [-0.39, 0.29) is 5.60 Å². The van der Waals surface area contributed by atoms with E-state index >= 15 is 0 Å². The normalized spacial score (nSPS) is 39.1. The van der Waals surface area contributed by atoms with Crippen LogP contribution in [-0.2, 0) is 4.74 Å². The lowest BCUT2D eigenvalue weighted by Gasteiger charge is -2.31. The van der Waals surface area contributed by atoms with Crippen molar-refractivity contribution in [3.05, 3.63) is 11.6 Å². The van der Waals surface area contributed by atoms with E-state index in [4.69, 9.17) is 4.74 Å². The Labute approximate surface area is 74.8 Å². The molecule has 0 aromatic carbocycles. The van der Waals surface area contributed by atoms with Crippen molar-refractivity contribution in [2.24, 2.45) is 11.8 Å². The highest BCUT2D eigenvalue weighted by molar-refractivity contribution is 5.14. The van der Waals surface area contributed by atoms with Gasteiger partial charge in [-0.05, 0) is 39.5 Å². The van der Waals surface area contributed by atoms with E-state index in [1.54, 1.807) is 5.57 Å². The van der Waals surface area contributed by atoms with Crippen LogP contribution < -0.4 is 0 Å². The van der Waals surface area contributed by atoms with Crippen molar-refractivity contribution in [2.45, 2.75) is 39.2 Å². The van der Waals surface area contributed by atoms with Gasteiger partial charge in [-0.1, -0.05) is 11.6 Å². The monoisotopic (exact) mass is 166 g/mol. The summed E-state index contributed by atoms with van der Waals surface area (Å²) in [6.07, 6.45) is 4.95. The Morgan fingerprint density at radius 3 is 2.92 bits per heavy atom. The fourth-order valence-electron chi connectivity index (χ4n) is 2.65. The van der Waals surface area contributed by atoms with Crippen LogP contribution in [0.2, 0.25) is 0 Å². The zero-order valence-corrected chi connectivity index (χ0v) is 8.26. The third-order valence-corrected chi connectivity index (χ3v) is 3.54. The molecular formula is C11H18O. The summed E-state index contributed by atoms with van der Waals surface area (Å²) in [5.41, 5.74) is 1.68. The van der Waals surface area contributed by atoms with Crippen LogP contribution in [0, 0.1) is 11.8 Å². The average Bonchev–Trinajstić information content (AvgIpc) is 2.30. The Kier molecular flexibility index (Phi) is 1.80. The van der Waals surface area contributed by atoms with E-state index < -0.39 is 0 Å². The van der Waals surface area contributed by atoms with Crippen LogP contribution >= 0.6 is 0 Å². The first kappa shape index (κ1) is 8.31. The molecule has 0 spiro atoms. The number of allylic oxidation sites excluding steroid dienone is 1. The van der Waals surface area contributed by atoms with Crippen molar-refractivity contribution in [2.75, 3.05) is 6.61 Å². The number of rotatable bonds is 0. The second-order valence-corrected chi connectivity index (χ2v) is 4.65. The highest BCUT2D eigenvalue weighted by Gasteiger charge is 2.44. The summed E-state index contributed by atoms with van der Waals surface area (Å²) in [5, 5.41) is 0.